The molecule has 0 aromatic carbocycles. The first-order chi connectivity index (χ1) is 3.91. The molecule has 0 rings (SSSR count). The van der Waals surface area contributed by atoms with Crippen molar-refractivity contribution in [3.8, 4) is 11.8 Å². The summed E-state index contributed by atoms with van der Waals surface area (Å²) in [5.41, 5.74) is 0. The van der Waals surface area contributed by atoms with E-state index in [0.717, 1.165) is 6.42 Å². The number of rotatable bonds is 3. The molecule has 0 aliphatic rings. The molecule has 46 valence electrons. The maximum absolute atomic E-state index is 3.03. The molecule has 0 amide bonds. The van der Waals surface area contributed by atoms with Crippen molar-refractivity contribution in [2.45, 2.75) is 39.5 Å². The van der Waals surface area contributed by atoms with Gasteiger partial charge in [0.2, 0.25) is 0 Å². The predicted molar refractivity (Wildman–Crippen MR) is 37.6 cm³/mol. The van der Waals surface area contributed by atoms with Gasteiger partial charge in [-0.05, 0) is 13.3 Å². The fraction of sp³-hybridized carbons (Fsp3) is 0.750. The quantitative estimate of drug-likeness (QED) is 0.387. The molecule has 0 saturated carbocycles. The van der Waals surface area contributed by atoms with Gasteiger partial charge in [-0.3, -0.25) is 0 Å². The first-order valence-corrected chi connectivity index (χ1v) is 3.31. The van der Waals surface area contributed by atoms with Crippen LogP contribution in [-0.2, 0) is 0 Å². The zero-order chi connectivity index (χ0) is 6.24. The summed E-state index contributed by atoms with van der Waals surface area (Å²) in [6.07, 6.45) is 4.99. The van der Waals surface area contributed by atoms with Crippen LogP contribution in [0.4, 0.5) is 0 Å². The summed E-state index contributed by atoms with van der Waals surface area (Å²) >= 11 is 0. The van der Waals surface area contributed by atoms with Crippen LogP contribution in [0.1, 0.15) is 39.5 Å². The van der Waals surface area contributed by atoms with Gasteiger partial charge in [-0.1, -0.05) is 19.8 Å². The molecule has 0 N–H and O–H groups in total. The second-order valence-corrected chi connectivity index (χ2v) is 1.88. The van der Waals surface area contributed by atoms with Gasteiger partial charge < -0.3 is 0 Å². The van der Waals surface area contributed by atoms with E-state index < -0.39 is 0 Å². The first kappa shape index (κ1) is 7.56. The largest absolute Gasteiger partial charge is 0.107 e. The Bertz CT molecular complexity index is 81.9. The van der Waals surface area contributed by atoms with Gasteiger partial charge in [-0.2, -0.15) is 0 Å². The van der Waals surface area contributed by atoms with Gasteiger partial charge in [-0.15, -0.1) is 11.8 Å². The summed E-state index contributed by atoms with van der Waals surface area (Å²) in [4.78, 5) is 0. The summed E-state index contributed by atoms with van der Waals surface area (Å²) in [6.45, 7) is 4.10. The molecule has 0 saturated heterocycles. The molecule has 0 heteroatoms. The highest BCUT2D eigenvalue weighted by molar-refractivity contribution is 4.94. The van der Waals surface area contributed by atoms with E-state index in [1.165, 1.54) is 19.3 Å². The molecule has 0 fully saturated rings. The maximum Gasteiger partial charge on any atom is 0.00885 e. The second-order valence-electron chi connectivity index (χ2n) is 1.88. The third-order valence-corrected chi connectivity index (χ3v) is 1.08. The normalized spacial score (nSPS) is 7.75. The molecule has 0 unspecified atom stereocenters. The van der Waals surface area contributed by atoms with Crippen molar-refractivity contribution in [2.75, 3.05) is 0 Å². The fourth-order valence-electron chi connectivity index (χ4n) is 0.588. The number of hydrogen-bond acceptors (Lipinski definition) is 0. The van der Waals surface area contributed by atoms with Crippen molar-refractivity contribution in [3.63, 3.8) is 0 Å². The second kappa shape index (κ2) is 6.56. The zero-order valence-electron chi connectivity index (χ0n) is 5.83. The monoisotopic (exact) mass is 110 g/mol. The van der Waals surface area contributed by atoms with Gasteiger partial charge in [0.15, 0.2) is 0 Å². The van der Waals surface area contributed by atoms with Gasteiger partial charge in [-0.25, -0.2) is 0 Å². The topological polar surface area (TPSA) is 0 Å². The average molecular weight is 110 g/mol. The summed E-state index contributed by atoms with van der Waals surface area (Å²) < 4.78 is 0. The minimum Gasteiger partial charge on any atom is -0.107 e. The van der Waals surface area contributed by atoms with Crippen LogP contribution in [0.25, 0.3) is 0 Å². The molecule has 0 aliphatic carbocycles. The summed E-state index contributed by atoms with van der Waals surface area (Å²) in [5.74, 6) is 5.91. The van der Waals surface area contributed by atoms with E-state index in [4.69, 9.17) is 0 Å². The van der Waals surface area contributed by atoms with Gasteiger partial charge in [0.25, 0.3) is 0 Å². The third kappa shape index (κ3) is 5.56. The molecule has 0 nitrogen and oxygen atoms in total. The lowest BCUT2D eigenvalue weighted by atomic mass is 10.2. The SMILES string of the molecule is CC#CCCCCC. The molecule has 0 aromatic rings. The Morgan fingerprint density at radius 2 is 2.00 bits per heavy atom. The molecular weight excluding hydrogens is 96.1 g/mol. The summed E-state index contributed by atoms with van der Waals surface area (Å²) in [5, 5.41) is 0. The minimum absolute atomic E-state index is 1.09. The van der Waals surface area contributed by atoms with Gasteiger partial charge in [0.1, 0.15) is 0 Å². The van der Waals surface area contributed by atoms with E-state index >= 15 is 0 Å². The molecule has 0 spiro atoms. The Hall–Kier alpha value is -0.440. The van der Waals surface area contributed by atoms with E-state index in [-0.39, 0.29) is 0 Å². The van der Waals surface area contributed by atoms with Crippen molar-refractivity contribution in [2.24, 2.45) is 0 Å². The first-order valence-electron chi connectivity index (χ1n) is 3.31. The molecule has 0 aromatic heterocycles. The lowest BCUT2D eigenvalue weighted by Gasteiger charge is -1.86. The number of unbranched alkanes of at least 4 members (excludes halogenated alkanes) is 3. The van der Waals surface area contributed by atoms with E-state index in [2.05, 4.69) is 18.8 Å². The molecule has 8 heavy (non-hydrogen) atoms. The Balaban J connectivity index is 2.79. The van der Waals surface area contributed by atoms with Crippen LogP contribution in [0.15, 0.2) is 0 Å². The van der Waals surface area contributed by atoms with Crippen LogP contribution in [0.2, 0.25) is 0 Å². The van der Waals surface area contributed by atoms with Gasteiger partial charge in [0.05, 0.1) is 0 Å². The molecule has 0 heterocycles. The smallest absolute Gasteiger partial charge is 0.00885 e. The highest BCUT2D eigenvalue weighted by atomic mass is 13.8. The molecule has 0 atom stereocenters. The van der Waals surface area contributed by atoms with Crippen LogP contribution >= 0.6 is 0 Å². The molecule has 0 radical (unpaired) electrons. The van der Waals surface area contributed by atoms with Crippen LogP contribution < -0.4 is 0 Å². The standard InChI is InChI=1S/C8H14/c1-3-5-7-8-6-4-2/h3,5,7-8H2,1-2H3. The van der Waals surface area contributed by atoms with Crippen LogP contribution in [0, 0.1) is 11.8 Å². The van der Waals surface area contributed by atoms with Crippen molar-refractivity contribution in [3.05, 3.63) is 0 Å². The fourth-order valence-corrected chi connectivity index (χ4v) is 0.588. The molecule has 0 bridgehead atoms. The Labute approximate surface area is 52.3 Å². The Morgan fingerprint density at radius 3 is 2.50 bits per heavy atom. The number of hydrogen-bond donors (Lipinski definition) is 0. The lowest BCUT2D eigenvalue weighted by molar-refractivity contribution is 0.737. The summed E-state index contributed by atoms with van der Waals surface area (Å²) in [6, 6.07) is 0. The molecule has 0 aliphatic heterocycles. The van der Waals surface area contributed by atoms with Crippen molar-refractivity contribution < 1.29 is 0 Å². The van der Waals surface area contributed by atoms with Gasteiger partial charge >= 0.3 is 0 Å². The van der Waals surface area contributed by atoms with E-state index in [0.29, 0.717) is 0 Å². The van der Waals surface area contributed by atoms with Crippen LogP contribution in [0.3, 0.4) is 0 Å². The van der Waals surface area contributed by atoms with E-state index in [9.17, 15) is 0 Å². The van der Waals surface area contributed by atoms with E-state index in [1.54, 1.807) is 0 Å². The Morgan fingerprint density at radius 1 is 1.25 bits per heavy atom. The highest BCUT2D eigenvalue weighted by Gasteiger charge is 1.78. The van der Waals surface area contributed by atoms with Crippen LogP contribution in [0.5, 0.6) is 0 Å². The average Bonchev–Trinajstić information content (AvgIpc) is 1.81. The van der Waals surface area contributed by atoms with E-state index in [1.807, 2.05) is 6.92 Å². The van der Waals surface area contributed by atoms with Crippen LogP contribution in [-0.4, -0.2) is 0 Å². The summed E-state index contributed by atoms with van der Waals surface area (Å²) in [7, 11) is 0. The predicted octanol–water partition coefficient (Wildman–Crippen LogP) is 2.59. The van der Waals surface area contributed by atoms with Crippen molar-refractivity contribution in [1.29, 1.82) is 0 Å². The van der Waals surface area contributed by atoms with Gasteiger partial charge in [0, 0.05) is 6.42 Å². The highest BCUT2D eigenvalue weighted by Crippen LogP contribution is 1.95. The zero-order valence-corrected chi connectivity index (χ0v) is 5.83. The minimum atomic E-state index is 1.09. The third-order valence-electron chi connectivity index (χ3n) is 1.08. The maximum atomic E-state index is 3.03. The lowest BCUT2D eigenvalue weighted by Crippen LogP contribution is -1.69. The molecular formula is C8H14. The van der Waals surface area contributed by atoms with Crippen molar-refractivity contribution >= 4 is 0 Å². The van der Waals surface area contributed by atoms with Crippen molar-refractivity contribution in [1.82, 2.24) is 0 Å². The Kier molecular flexibility index (Phi) is 6.20.